The molecule has 1 unspecified atom stereocenters. The van der Waals surface area contributed by atoms with Crippen LogP contribution in [0.25, 0.3) is 11.3 Å². The Morgan fingerprint density at radius 3 is 2.90 bits per heavy atom. The smallest absolute Gasteiger partial charge is 0.290 e. The lowest BCUT2D eigenvalue weighted by molar-refractivity contribution is -0.122. The Kier molecular flexibility index (Phi) is 7.64. The number of hydrogen-bond donors (Lipinski definition) is 3. The van der Waals surface area contributed by atoms with Crippen molar-refractivity contribution in [2.24, 2.45) is 0 Å². The number of rotatable bonds is 5. The van der Waals surface area contributed by atoms with Crippen LogP contribution in [0.3, 0.4) is 0 Å². The highest BCUT2D eigenvalue weighted by atomic mass is 35.5. The Hall–Kier alpha value is -3.10. The molecule has 0 amide bonds. The number of anilines is 2. The number of aliphatic hydroxyl groups excluding tert-OH is 1. The molecule has 1 aromatic carbocycles. The minimum atomic E-state index is -0.293. The van der Waals surface area contributed by atoms with Crippen molar-refractivity contribution in [1.82, 2.24) is 9.97 Å². The number of aromatic nitrogens is 2. The highest BCUT2D eigenvalue weighted by Gasteiger charge is 2.19. The number of carbonyl (C=O) groups is 1. The van der Waals surface area contributed by atoms with Crippen LogP contribution in [0, 0.1) is 0 Å². The van der Waals surface area contributed by atoms with E-state index in [4.69, 9.17) is 25.9 Å². The van der Waals surface area contributed by atoms with E-state index < -0.39 is 0 Å². The summed E-state index contributed by atoms with van der Waals surface area (Å²) in [6, 6.07) is 13.3. The fourth-order valence-electron chi connectivity index (χ4n) is 3.21. The summed E-state index contributed by atoms with van der Waals surface area (Å²) in [5.41, 5.74) is 0.940. The van der Waals surface area contributed by atoms with Crippen LogP contribution < -0.4 is 10.2 Å². The largest absolute Gasteiger partial charge is 0.483 e. The summed E-state index contributed by atoms with van der Waals surface area (Å²) < 4.78 is 5.89. The topological polar surface area (TPSA) is 112 Å². The van der Waals surface area contributed by atoms with Gasteiger partial charge in [-0.05, 0) is 43.2 Å². The summed E-state index contributed by atoms with van der Waals surface area (Å²) in [6.45, 7) is 1.74. The number of hydrogen-bond acceptors (Lipinski definition) is 7. The zero-order chi connectivity index (χ0) is 21.3. The molecule has 9 heteroatoms. The van der Waals surface area contributed by atoms with Crippen molar-refractivity contribution in [1.29, 1.82) is 0 Å². The van der Waals surface area contributed by atoms with Gasteiger partial charge in [0, 0.05) is 29.9 Å². The molecule has 3 N–H and O–H groups in total. The molecular weight excluding hydrogens is 408 g/mol. The van der Waals surface area contributed by atoms with Crippen molar-refractivity contribution in [3.05, 3.63) is 59.4 Å². The summed E-state index contributed by atoms with van der Waals surface area (Å²) in [7, 11) is 0. The third-order valence-electron chi connectivity index (χ3n) is 4.55. The highest BCUT2D eigenvalue weighted by Crippen LogP contribution is 2.25. The Bertz CT molecular complexity index is 965. The molecule has 0 saturated carbocycles. The first-order valence-electron chi connectivity index (χ1n) is 9.51. The van der Waals surface area contributed by atoms with E-state index in [0.717, 1.165) is 42.3 Å². The summed E-state index contributed by atoms with van der Waals surface area (Å²) in [5.74, 6) is 2.91. The number of halogens is 1. The Balaban J connectivity index is 0.000000806. The van der Waals surface area contributed by atoms with Crippen LogP contribution in [0.4, 0.5) is 11.8 Å². The van der Waals surface area contributed by atoms with E-state index in [-0.39, 0.29) is 12.6 Å². The molecule has 30 heavy (non-hydrogen) atoms. The fourth-order valence-corrected chi connectivity index (χ4v) is 3.40. The number of carboxylic acid groups (broad SMARTS) is 1. The second kappa shape index (κ2) is 10.6. The molecule has 1 aliphatic rings. The third kappa shape index (κ3) is 5.95. The molecule has 2 aromatic heterocycles. The minimum Gasteiger partial charge on any atom is -0.483 e. The molecule has 1 saturated heterocycles. The third-order valence-corrected chi connectivity index (χ3v) is 4.79. The number of nitrogens with one attached hydrogen (secondary N) is 1. The van der Waals surface area contributed by atoms with Crippen LogP contribution in [0.5, 0.6) is 0 Å². The lowest BCUT2D eigenvalue weighted by Crippen LogP contribution is -2.38. The molecule has 3 aromatic rings. The van der Waals surface area contributed by atoms with Crippen molar-refractivity contribution in [3.8, 4) is 11.3 Å². The van der Waals surface area contributed by atoms with Crippen molar-refractivity contribution in [2.75, 3.05) is 23.3 Å². The van der Waals surface area contributed by atoms with E-state index in [9.17, 15) is 5.11 Å². The quantitative estimate of drug-likeness (QED) is 0.526. The first-order chi connectivity index (χ1) is 14.6. The van der Waals surface area contributed by atoms with Crippen molar-refractivity contribution >= 4 is 29.8 Å². The average molecular weight is 431 g/mol. The minimum absolute atomic E-state index is 0.250. The van der Waals surface area contributed by atoms with E-state index in [2.05, 4.69) is 20.2 Å². The average Bonchev–Trinajstić information content (AvgIpc) is 3.22. The molecule has 1 atom stereocenters. The zero-order valence-electron chi connectivity index (χ0n) is 16.2. The van der Waals surface area contributed by atoms with Gasteiger partial charge in [-0.1, -0.05) is 23.7 Å². The van der Waals surface area contributed by atoms with Crippen LogP contribution in [0.15, 0.2) is 53.1 Å². The predicted octanol–water partition coefficient (Wildman–Crippen LogP) is 3.66. The summed E-state index contributed by atoms with van der Waals surface area (Å²) in [5, 5.41) is 20.6. The van der Waals surface area contributed by atoms with E-state index in [1.807, 2.05) is 42.5 Å². The van der Waals surface area contributed by atoms with Crippen LogP contribution in [-0.4, -0.2) is 45.8 Å². The van der Waals surface area contributed by atoms with Crippen LogP contribution in [0.1, 0.15) is 18.6 Å². The zero-order valence-corrected chi connectivity index (χ0v) is 17.0. The van der Waals surface area contributed by atoms with Gasteiger partial charge < -0.3 is 24.8 Å². The maximum atomic E-state index is 9.85. The lowest BCUT2D eigenvalue weighted by Gasteiger charge is -2.31. The maximum absolute atomic E-state index is 9.85. The van der Waals surface area contributed by atoms with E-state index in [0.29, 0.717) is 24.1 Å². The Morgan fingerprint density at radius 2 is 2.13 bits per heavy atom. The molecule has 4 rings (SSSR count). The number of furan rings is 1. The molecular formula is C21H23ClN4O4. The van der Waals surface area contributed by atoms with Crippen LogP contribution in [0.2, 0.25) is 5.02 Å². The molecule has 8 nitrogen and oxygen atoms in total. The number of aliphatic hydroxyl groups is 1. The molecule has 0 bridgehead atoms. The van der Waals surface area contributed by atoms with Crippen molar-refractivity contribution in [3.63, 3.8) is 0 Å². The number of nitrogens with zero attached hydrogens (tertiary/aromatic N) is 3. The van der Waals surface area contributed by atoms with Gasteiger partial charge in [0.1, 0.15) is 17.3 Å². The maximum Gasteiger partial charge on any atom is 0.290 e. The van der Waals surface area contributed by atoms with Gasteiger partial charge in [0.25, 0.3) is 6.47 Å². The first-order valence-corrected chi connectivity index (χ1v) is 9.89. The summed E-state index contributed by atoms with van der Waals surface area (Å²) in [6.07, 6.45) is 3.25. The second-order valence-corrected chi connectivity index (χ2v) is 7.15. The van der Waals surface area contributed by atoms with Gasteiger partial charge in [0.05, 0.1) is 12.6 Å². The second-order valence-electron chi connectivity index (χ2n) is 6.72. The molecule has 1 fully saturated rings. The molecule has 158 valence electrons. The van der Waals surface area contributed by atoms with Crippen molar-refractivity contribution < 1.29 is 19.4 Å². The van der Waals surface area contributed by atoms with Crippen LogP contribution >= 0.6 is 11.6 Å². The van der Waals surface area contributed by atoms with E-state index in [1.165, 1.54) is 0 Å². The monoisotopic (exact) mass is 430 g/mol. The number of benzene rings is 1. The molecule has 0 spiro atoms. The van der Waals surface area contributed by atoms with Gasteiger partial charge >= 0.3 is 0 Å². The van der Waals surface area contributed by atoms with Gasteiger partial charge in [-0.15, -0.1) is 0 Å². The standard InChI is InChI=1S/C20H21ClN4O2.CH2O2/c21-15-4-1-3-14(11-15)18-7-6-17(27-18)12-23-20-22-9-8-19(24-20)25-10-2-5-16(26)13-25;2-1-3/h1,3-4,6-9,11,16,26H,2,5,10,12-13H2,(H,22,23,24);1H,(H,2,3). The molecule has 0 radical (unpaired) electrons. The first kappa shape index (κ1) is 21.6. The van der Waals surface area contributed by atoms with Gasteiger partial charge in [-0.3, -0.25) is 4.79 Å². The van der Waals surface area contributed by atoms with Gasteiger partial charge in [-0.25, -0.2) is 4.98 Å². The lowest BCUT2D eigenvalue weighted by atomic mass is 10.1. The van der Waals surface area contributed by atoms with Gasteiger partial charge in [0.2, 0.25) is 5.95 Å². The summed E-state index contributed by atoms with van der Waals surface area (Å²) >= 11 is 6.04. The number of piperidine rings is 1. The van der Waals surface area contributed by atoms with Crippen LogP contribution in [-0.2, 0) is 11.3 Å². The van der Waals surface area contributed by atoms with Gasteiger partial charge in [0.15, 0.2) is 0 Å². The Morgan fingerprint density at radius 1 is 1.30 bits per heavy atom. The fraction of sp³-hybridized carbons (Fsp3) is 0.286. The highest BCUT2D eigenvalue weighted by molar-refractivity contribution is 6.30. The normalized spacial score (nSPS) is 15.8. The van der Waals surface area contributed by atoms with Crippen molar-refractivity contribution in [2.45, 2.75) is 25.5 Å². The predicted molar refractivity (Wildman–Crippen MR) is 115 cm³/mol. The SMILES string of the molecule is O=CO.OC1CCCN(c2ccnc(NCc3ccc(-c4cccc(Cl)c4)o3)n2)C1. The molecule has 3 heterocycles. The number of β-amino-alcohol motifs (C(OH)–C–C–N with tert-alkyl or cyclic N) is 1. The molecule has 0 aliphatic carbocycles. The Labute approximate surface area is 179 Å². The van der Waals surface area contributed by atoms with E-state index in [1.54, 1.807) is 6.20 Å². The molecule has 1 aliphatic heterocycles. The van der Waals surface area contributed by atoms with Gasteiger partial charge in [-0.2, -0.15) is 4.98 Å². The summed E-state index contributed by atoms with van der Waals surface area (Å²) in [4.78, 5) is 19.3. The van der Waals surface area contributed by atoms with E-state index >= 15 is 0 Å².